The quantitative estimate of drug-likeness (QED) is 0.806. The fraction of sp³-hybridized carbons (Fsp3) is 0.263. The molecule has 0 aliphatic rings. The van der Waals surface area contributed by atoms with Crippen molar-refractivity contribution in [2.45, 2.75) is 19.4 Å². The van der Waals surface area contributed by atoms with Crippen LogP contribution in [-0.4, -0.2) is 35.0 Å². The van der Waals surface area contributed by atoms with Gasteiger partial charge in [-0.1, -0.05) is 42.5 Å². The summed E-state index contributed by atoms with van der Waals surface area (Å²) >= 11 is 1.56. The van der Waals surface area contributed by atoms with Gasteiger partial charge in [0.15, 0.2) is 0 Å². The van der Waals surface area contributed by atoms with Gasteiger partial charge in [0.05, 0.1) is 0 Å². The Kier molecular flexibility index (Phi) is 6.44. The molecule has 2 rings (SSSR count). The lowest BCUT2D eigenvalue weighted by Crippen LogP contribution is -2.41. The Labute approximate surface area is 146 Å². The predicted molar refractivity (Wildman–Crippen MR) is 98.5 cm³/mol. The van der Waals surface area contributed by atoms with Crippen LogP contribution < -0.4 is 5.32 Å². The van der Waals surface area contributed by atoms with Crippen LogP contribution in [0, 0.1) is 6.92 Å². The number of carbonyl (C=O) groups excluding carboxylic acids is 1. The first-order chi connectivity index (χ1) is 11.5. The van der Waals surface area contributed by atoms with Gasteiger partial charge in [-0.05, 0) is 48.1 Å². The van der Waals surface area contributed by atoms with E-state index in [1.165, 1.54) is 0 Å². The molecule has 0 unspecified atom stereocenters. The van der Waals surface area contributed by atoms with Crippen molar-refractivity contribution >= 4 is 23.6 Å². The van der Waals surface area contributed by atoms with E-state index < -0.39 is 12.0 Å². The molecule has 2 aromatic rings. The van der Waals surface area contributed by atoms with E-state index in [1.807, 2.05) is 49.6 Å². The molecule has 0 heterocycles. The molecule has 4 nitrogen and oxygen atoms in total. The van der Waals surface area contributed by atoms with Gasteiger partial charge in [0, 0.05) is 5.56 Å². The summed E-state index contributed by atoms with van der Waals surface area (Å²) < 4.78 is 0. The molecule has 0 saturated carbocycles. The third-order valence-corrected chi connectivity index (χ3v) is 4.46. The summed E-state index contributed by atoms with van der Waals surface area (Å²) in [5, 5.41) is 11.9. The van der Waals surface area contributed by atoms with Crippen molar-refractivity contribution in [2.24, 2.45) is 0 Å². The largest absolute Gasteiger partial charge is 0.480 e. The Morgan fingerprint density at radius 1 is 1.08 bits per heavy atom. The minimum atomic E-state index is -1.01. The molecule has 0 radical (unpaired) electrons. The van der Waals surface area contributed by atoms with Gasteiger partial charge < -0.3 is 10.4 Å². The molecule has 0 aliphatic heterocycles. The van der Waals surface area contributed by atoms with Gasteiger partial charge in [0.2, 0.25) is 0 Å². The number of amides is 1. The van der Waals surface area contributed by atoms with Gasteiger partial charge in [0.1, 0.15) is 6.04 Å². The van der Waals surface area contributed by atoms with E-state index in [0.717, 1.165) is 16.7 Å². The van der Waals surface area contributed by atoms with Gasteiger partial charge >= 0.3 is 5.97 Å². The molecule has 0 spiro atoms. The number of rotatable bonds is 7. The van der Waals surface area contributed by atoms with Gasteiger partial charge in [-0.25, -0.2) is 4.79 Å². The Balaban J connectivity index is 2.30. The number of hydrogen-bond acceptors (Lipinski definition) is 3. The standard InChI is InChI=1S/C19H21NO3S/c1-13-7-3-4-8-14(13)15-9-5-6-10-16(15)18(21)20-17(19(22)23)11-12-24-2/h3-10,17H,11-12H2,1-2H3,(H,20,21)(H,22,23)/t17-/m0/s1. The number of thioether (sulfide) groups is 1. The second-order valence-electron chi connectivity index (χ2n) is 5.51. The van der Waals surface area contributed by atoms with Crippen molar-refractivity contribution in [3.63, 3.8) is 0 Å². The maximum Gasteiger partial charge on any atom is 0.326 e. The van der Waals surface area contributed by atoms with Crippen LogP contribution in [0.25, 0.3) is 11.1 Å². The number of hydrogen-bond donors (Lipinski definition) is 2. The number of nitrogens with one attached hydrogen (secondary N) is 1. The zero-order chi connectivity index (χ0) is 17.5. The Morgan fingerprint density at radius 2 is 1.71 bits per heavy atom. The number of carbonyl (C=O) groups is 2. The average Bonchev–Trinajstić information content (AvgIpc) is 2.58. The van der Waals surface area contributed by atoms with Crippen molar-refractivity contribution < 1.29 is 14.7 Å². The second kappa shape index (κ2) is 8.55. The Morgan fingerprint density at radius 3 is 2.33 bits per heavy atom. The lowest BCUT2D eigenvalue weighted by atomic mass is 9.95. The van der Waals surface area contributed by atoms with E-state index in [9.17, 15) is 14.7 Å². The first kappa shape index (κ1) is 18.1. The highest BCUT2D eigenvalue weighted by molar-refractivity contribution is 7.98. The van der Waals surface area contributed by atoms with Gasteiger partial charge in [0.25, 0.3) is 5.91 Å². The van der Waals surface area contributed by atoms with Crippen LogP contribution in [0.4, 0.5) is 0 Å². The monoisotopic (exact) mass is 343 g/mol. The van der Waals surface area contributed by atoms with Crippen LogP contribution in [0.2, 0.25) is 0 Å². The van der Waals surface area contributed by atoms with Crippen LogP contribution >= 0.6 is 11.8 Å². The maximum absolute atomic E-state index is 12.6. The highest BCUT2D eigenvalue weighted by Crippen LogP contribution is 2.26. The predicted octanol–water partition coefficient (Wildman–Crippen LogP) is 3.60. The third kappa shape index (κ3) is 4.38. The lowest BCUT2D eigenvalue weighted by Gasteiger charge is -2.16. The SMILES string of the molecule is CSCC[C@H](NC(=O)c1ccccc1-c1ccccc1C)C(=O)O. The molecule has 1 atom stereocenters. The summed E-state index contributed by atoms with van der Waals surface area (Å²) in [6.07, 6.45) is 2.31. The molecule has 0 saturated heterocycles. The number of aliphatic carboxylic acids is 1. The molecule has 0 aromatic heterocycles. The van der Waals surface area contributed by atoms with Gasteiger partial charge in [-0.15, -0.1) is 0 Å². The minimum Gasteiger partial charge on any atom is -0.480 e. The third-order valence-electron chi connectivity index (χ3n) is 3.82. The van der Waals surface area contributed by atoms with Crippen LogP contribution in [0.15, 0.2) is 48.5 Å². The van der Waals surface area contributed by atoms with Crippen LogP contribution in [0.1, 0.15) is 22.3 Å². The molecule has 5 heteroatoms. The Hall–Kier alpha value is -2.27. The molecule has 0 aliphatic carbocycles. The van der Waals surface area contributed by atoms with E-state index >= 15 is 0 Å². The summed E-state index contributed by atoms with van der Waals surface area (Å²) in [6, 6.07) is 14.2. The Bertz CT molecular complexity index is 730. The summed E-state index contributed by atoms with van der Waals surface area (Å²) in [6.45, 7) is 1.99. The first-order valence-electron chi connectivity index (χ1n) is 7.72. The summed E-state index contributed by atoms with van der Waals surface area (Å²) in [7, 11) is 0. The summed E-state index contributed by atoms with van der Waals surface area (Å²) in [4.78, 5) is 24.0. The normalized spacial score (nSPS) is 11.8. The first-order valence-corrected chi connectivity index (χ1v) is 9.11. The molecule has 0 bridgehead atoms. The molecule has 24 heavy (non-hydrogen) atoms. The van der Waals surface area contributed by atoms with Crippen molar-refractivity contribution in [2.75, 3.05) is 12.0 Å². The van der Waals surface area contributed by atoms with E-state index in [4.69, 9.17) is 0 Å². The zero-order valence-electron chi connectivity index (χ0n) is 13.8. The highest BCUT2D eigenvalue weighted by atomic mass is 32.2. The fourth-order valence-corrected chi connectivity index (χ4v) is 2.99. The number of carboxylic acid groups (broad SMARTS) is 1. The second-order valence-corrected chi connectivity index (χ2v) is 6.49. The van der Waals surface area contributed by atoms with Crippen LogP contribution in [0.5, 0.6) is 0 Å². The van der Waals surface area contributed by atoms with Crippen LogP contribution in [-0.2, 0) is 4.79 Å². The molecule has 2 N–H and O–H groups in total. The number of benzene rings is 2. The van der Waals surface area contributed by atoms with E-state index in [0.29, 0.717) is 17.7 Å². The fourth-order valence-electron chi connectivity index (χ4n) is 2.52. The number of aryl methyl sites for hydroxylation is 1. The van der Waals surface area contributed by atoms with E-state index in [1.54, 1.807) is 23.9 Å². The van der Waals surface area contributed by atoms with Crippen molar-refractivity contribution in [1.82, 2.24) is 5.32 Å². The van der Waals surface area contributed by atoms with Gasteiger partial charge in [-0.2, -0.15) is 11.8 Å². The van der Waals surface area contributed by atoms with Crippen molar-refractivity contribution in [1.29, 1.82) is 0 Å². The molecule has 126 valence electrons. The molecular weight excluding hydrogens is 322 g/mol. The van der Waals surface area contributed by atoms with Crippen molar-refractivity contribution in [3.05, 3.63) is 59.7 Å². The smallest absolute Gasteiger partial charge is 0.326 e. The molecule has 2 aromatic carbocycles. The van der Waals surface area contributed by atoms with Crippen LogP contribution in [0.3, 0.4) is 0 Å². The van der Waals surface area contributed by atoms with Crippen molar-refractivity contribution in [3.8, 4) is 11.1 Å². The van der Waals surface area contributed by atoms with E-state index in [-0.39, 0.29) is 5.91 Å². The van der Waals surface area contributed by atoms with Gasteiger partial charge in [-0.3, -0.25) is 4.79 Å². The summed E-state index contributed by atoms with van der Waals surface area (Å²) in [5.41, 5.74) is 3.33. The topological polar surface area (TPSA) is 66.4 Å². The molecule has 1 amide bonds. The average molecular weight is 343 g/mol. The maximum atomic E-state index is 12.6. The summed E-state index contributed by atoms with van der Waals surface area (Å²) in [5.74, 6) is -0.690. The zero-order valence-corrected chi connectivity index (χ0v) is 14.6. The highest BCUT2D eigenvalue weighted by Gasteiger charge is 2.22. The molecular formula is C19H21NO3S. The lowest BCUT2D eigenvalue weighted by molar-refractivity contribution is -0.139. The number of carboxylic acids is 1. The minimum absolute atomic E-state index is 0.359. The molecule has 0 fully saturated rings. The van der Waals surface area contributed by atoms with E-state index in [2.05, 4.69) is 5.32 Å².